The quantitative estimate of drug-likeness (QED) is 0.509. The summed E-state index contributed by atoms with van der Waals surface area (Å²) in [6, 6.07) is 5.28. The van der Waals surface area contributed by atoms with Crippen molar-refractivity contribution in [3.05, 3.63) is 59.1 Å². The average molecular weight is 485 g/mol. The molecule has 1 aromatic heterocycles. The fraction of sp³-hybridized carbons (Fsp3) is 0.200. The summed E-state index contributed by atoms with van der Waals surface area (Å²) in [7, 11) is 2.71. The van der Waals surface area contributed by atoms with E-state index in [4.69, 9.17) is 25.8 Å². The molecule has 3 aromatic rings. The molecule has 0 aliphatic heterocycles. The lowest BCUT2D eigenvalue weighted by molar-refractivity contribution is -0.137. The van der Waals surface area contributed by atoms with Gasteiger partial charge >= 0.3 is 12.1 Å². The molecule has 9 nitrogen and oxygen atoms in total. The van der Waals surface area contributed by atoms with Gasteiger partial charge in [-0.25, -0.2) is 14.5 Å². The molecule has 0 bridgehead atoms. The Morgan fingerprint density at radius 3 is 2.52 bits per heavy atom. The summed E-state index contributed by atoms with van der Waals surface area (Å²) in [5.74, 6) is -1.41. The maximum Gasteiger partial charge on any atom is 0.416 e. The van der Waals surface area contributed by atoms with Gasteiger partial charge in [-0.1, -0.05) is 11.6 Å². The fourth-order valence-electron chi connectivity index (χ4n) is 2.78. The molecule has 1 heterocycles. The number of rotatable bonds is 7. The van der Waals surface area contributed by atoms with E-state index in [0.29, 0.717) is 0 Å². The van der Waals surface area contributed by atoms with Crippen molar-refractivity contribution in [2.24, 2.45) is 0 Å². The van der Waals surface area contributed by atoms with Crippen molar-refractivity contribution in [3.8, 4) is 17.2 Å². The zero-order chi connectivity index (χ0) is 24.2. The van der Waals surface area contributed by atoms with Gasteiger partial charge in [0.15, 0.2) is 18.1 Å². The van der Waals surface area contributed by atoms with Crippen molar-refractivity contribution >= 4 is 29.2 Å². The van der Waals surface area contributed by atoms with Crippen molar-refractivity contribution in [2.45, 2.75) is 6.18 Å². The van der Waals surface area contributed by atoms with E-state index in [1.54, 1.807) is 0 Å². The van der Waals surface area contributed by atoms with Gasteiger partial charge in [0, 0.05) is 0 Å². The van der Waals surface area contributed by atoms with Gasteiger partial charge in [0.1, 0.15) is 12.7 Å². The number of benzene rings is 2. The molecule has 3 rings (SSSR count). The molecule has 0 spiro atoms. The van der Waals surface area contributed by atoms with E-state index in [1.807, 2.05) is 0 Å². The number of ether oxygens (including phenoxy) is 3. The highest BCUT2D eigenvalue weighted by molar-refractivity contribution is 6.32. The number of nitrogens with zero attached hydrogens (tertiary/aromatic N) is 3. The zero-order valence-electron chi connectivity index (χ0n) is 17.1. The Morgan fingerprint density at radius 1 is 1.15 bits per heavy atom. The molecule has 0 radical (unpaired) electrons. The summed E-state index contributed by atoms with van der Waals surface area (Å²) < 4.78 is 55.7. The van der Waals surface area contributed by atoms with E-state index in [1.165, 1.54) is 43.7 Å². The van der Waals surface area contributed by atoms with Crippen LogP contribution in [0, 0.1) is 0 Å². The van der Waals surface area contributed by atoms with Crippen molar-refractivity contribution in [1.82, 2.24) is 14.8 Å². The van der Waals surface area contributed by atoms with Crippen LogP contribution in [0.1, 0.15) is 15.9 Å². The number of carbonyl (C=O) groups excluding carboxylic acids is 2. The van der Waals surface area contributed by atoms with E-state index in [-0.39, 0.29) is 33.5 Å². The first-order chi connectivity index (χ1) is 15.6. The minimum Gasteiger partial charge on any atom is -0.493 e. The Hall–Kier alpha value is -3.80. The minimum atomic E-state index is -4.64. The van der Waals surface area contributed by atoms with Crippen molar-refractivity contribution in [1.29, 1.82) is 0 Å². The summed E-state index contributed by atoms with van der Waals surface area (Å²) >= 11 is 6.05. The maximum atomic E-state index is 13.1. The molecule has 0 saturated heterocycles. The second kappa shape index (κ2) is 9.77. The molecule has 1 N–H and O–H groups in total. The van der Waals surface area contributed by atoms with Gasteiger partial charge < -0.3 is 19.5 Å². The molecule has 0 saturated carbocycles. The number of alkyl halides is 3. The monoisotopic (exact) mass is 484 g/mol. The highest BCUT2D eigenvalue weighted by Crippen LogP contribution is 2.36. The van der Waals surface area contributed by atoms with Gasteiger partial charge in [0.05, 0.1) is 41.7 Å². The maximum absolute atomic E-state index is 13.1. The number of carbonyl (C=O) groups is 2. The SMILES string of the molecule is COc1cc(C(=O)OCC(=O)Nc2cc(C(F)(F)F)ccc2-n2cncn2)cc(Cl)c1OC. The van der Waals surface area contributed by atoms with Crippen LogP contribution in [0.15, 0.2) is 43.0 Å². The minimum absolute atomic E-state index is 0.0205. The summed E-state index contributed by atoms with van der Waals surface area (Å²) in [5, 5.41) is 6.23. The molecule has 0 aliphatic rings. The third-order valence-corrected chi connectivity index (χ3v) is 4.55. The van der Waals surface area contributed by atoms with Crippen LogP contribution in [0.25, 0.3) is 5.69 Å². The second-order valence-corrected chi connectivity index (χ2v) is 6.79. The predicted molar refractivity (Wildman–Crippen MR) is 110 cm³/mol. The third-order valence-electron chi connectivity index (χ3n) is 4.27. The molecular weight excluding hydrogens is 469 g/mol. The van der Waals surface area contributed by atoms with Crippen LogP contribution < -0.4 is 14.8 Å². The van der Waals surface area contributed by atoms with E-state index in [2.05, 4.69) is 15.4 Å². The zero-order valence-corrected chi connectivity index (χ0v) is 17.9. The number of amides is 1. The molecule has 2 aromatic carbocycles. The predicted octanol–water partition coefficient (Wildman–Crippen LogP) is 3.75. The summed E-state index contributed by atoms with van der Waals surface area (Å²) in [6.45, 7) is -0.780. The van der Waals surface area contributed by atoms with Crippen LogP contribution in [0.5, 0.6) is 11.5 Å². The Labute approximate surface area is 190 Å². The molecule has 174 valence electrons. The van der Waals surface area contributed by atoms with Crippen LogP contribution in [-0.4, -0.2) is 47.5 Å². The Morgan fingerprint density at radius 2 is 1.91 bits per heavy atom. The number of hydrogen-bond acceptors (Lipinski definition) is 7. The molecule has 33 heavy (non-hydrogen) atoms. The molecule has 1 amide bonds. The van der Waals surface area contributed by atoms with Crippen molar-refractivity contribution in [2.75, 3.05) is 26.1 Å². The number of aromatic nitrogens is 3. The summed E-state index contributed by atoms with van der Waals surface area (Å²) in [5.41, 5.74) is -1.08. The highest BCUT2D eigenvalue weighted by Gasteiger charge is 2.31. The van der Waals surface area contributed by atoms with Gasteiger partial charge in [-0.2, -0.15) is 18.3 Å². The van der Waals surface area contributed by atoms with E-state index in [0.717, 1.165) is 18.2 Å². The first-order valence-electron chi connectivity index (χ1n) is 9.08. The topological polar surface area (TPSA) is 105 Å². The number of halogens is 4. The Bertz CT molecular complexity index is 1170. The van der Waals surface area contributed by atoms with E-state index >= 15 is 0 Å². The Balaban J connectivity index is 1.76. The average Bonchev–Trinajstić information content (AvgIpc) is 3.30. The van der Waals surface area contributed by atoms with Crippen LogP contribution in [0.2, 0.25) is 5.02 Å². The van der Waals surface area contributed by atoms with Crippen LogP contribution in [-0.2, 0) is 15.7 Å². The lowest BCUT2D eigenvalue weighted by Gasteiger charge is -2.15. The standard InChI is InChI=1S/C20H16ClF3N4O5/c1-31-16-6-11(5-13(21)18(16)32-2)19(30)33-8-17(29)27-14-7-12(20(22,23)24)3-4-15(14)28-10-25-9-26-28/h3-7,9-10H,8H2,1-2H3,(H,27,29). The number of methoxy groups -OCH3 is 2. The second-order valence-electron chi connectivity index (χ2n) is 6.39. The van der Waals surface area contributed by atoms with Gasteiger partial charge in [0.25, 0.3) is 5.91 Å². The number of hydrogen-bond donors (Lipinski definition) is 1. The highest BCUT2D eigenvalue weighted by atomic mass is 35.5. The van der Waals surface area contributed by atoms with Crippen molar-refractivity contribution in [3.63, 3.8) is 0 Å². The van der Waals surface area contributed by atoms with Crippen LogP contribution in [0.3, 0.4) is 0 Å². The number of esters is 1. The normalized spacial score (nSPS) is 11.1. The number of nitrogens with one attached hydrogen (secondary N) is 1. The van der Waals surface area contributed by atoms with Gasteiger partial charge in [0.2, 0.25) is 0 Å². The summed E-state index contributed by atoms with van der Waals surface area (Å²) in [4.78, 5) is 28.4. The van der Waals surface area contributed by atoms with Gasteiger partial charge in [-0.3, -0.25) is 4.79 Å². The van der Waals surface area contributed by atoms with Crippen LogP contribution >= 0.6 is 11.6 Å². The largest absolute Gasteiger partial charge is 0.493 e. The lowest BCUT2D eigenvalue weighted by atomic mass is 10.1. The Kier molecular flexibility index (Phi) is 7.07. The molecular formula is C20H16ClF3N4O5. The fourth-order valence-corrected chi connectivity index (χ4v) is 3.07. The third kappa shape index (κ3) is 5.52. The molecule has 0 aliphatic carbocycles. The van der Waals surface area contributed by atoms with Gasteiger partial charge in [-0.15, -0.1) is 0 Å². The van der Waals surface area contributed by atoms with Crippen molar-refractivity contribution < 1.29 is 37.0 Å². The molecule has 0 fully saturated rings. The molecule has 0 unspecified atom stereocenters. The summed E-state index contributed by atoms with van der Waals surface area (Å²) in [6.07, 6.45) is -2.21. The first-order valence-corrected chi connectivity index (χ1v) is 9.46. The smallest absolute Gasteiger partial charge is 0.416 e. The molecule has 0 atom stereocenters. The lowest BCUT2D eigenvalue weighted by Crippen LogP contribution is -2.22. The van der Waals surface area contributed by atoms with Crippen LogP contribution in [0.4, 0.5) is 18.9 Å². The number of anilines is 1. The molecule has 13 heteroatoms. The van der Waals surface area contributed by atoms with E-state index in [9.17, 15) is 22.8 Å². The first kappa shape index (κ1) is 23.9. The van der Waals surface area contributed by atoms with Gasteiger partial charge in [-0.05, 0) is 30.3 Å². The van der Waals surface area contributed by atoms with E-state index < -0.39 is 30.2 Å².